The Morgan fingerprint density at radius 1 is 1.30 bits per heavy atom. The molecule has 0 spiro atoms. The monoisotopic (exact) mass is 279 g/mol. The maximum atomic E-state index is 6.51. The standard InChI is InChI=1S/C15H25N3O2/c1-2-11-5-7-15(16,8-6-11)14-17-13(18-20-14)12-4-3-9-19-10-12/h11-12H,2-10,16H2,1H3. The fourth-order valence-electron chi connectivity index (χ4n) is 3.36. The predicted octanol–water partition coefficient (Wildman–Crippen LogP) is 2.72. The third-order valence-electron chi connectivity index (χ3n) is 4.97. The summed E-state index contributed by atoms with van der Waals surface area (Å²) in [6, 6.07) is 0. The van der Waals surface area contributed by atoms with Crippen LogP contribution in [0.15, 0.2) is 4.52 Å². The summed E-state index contributed by atoms with van der Waals surface area (Å²) in [6.45, 7) is 3.80. The Morgan fingerprint density at radius 2 is 2.10 bits per heavy atom. The van der Waals surface area contributed by atoms with Crippen LogP contribution >= 0.6 is 0 Å². The molecule has 2 aliphatic rings. The molecular weight excluding hydrogens is 254 g/mol. The number of hydrogen-bond acceptors (Lipinski definition) is 5. The van der Waals surface area contributed by atoms with Gasteiger partial charge in [-0.25, -0.2) is 0 Å². The molecular formula is C15H25N3O2. The van der Waals surface area contributed by atoms with Crippen LogP contribution < -0.4 is 5.73 Å². The lowest BCUT2D eigenvalue weighted by Crippen LogP contribution is -2.40. The van der Waals surface area contributed by atoms with Gasteiger partial charge in [0.05, 0.1) is 12.1 Å². The number of nitrogens with two attached hydrogens (primary N) is 1. The fraction of sp³-hybridized carbons (Fsp3) is 0.867. The first kappa shape index (κ1) is 14.0. The molecule has 1 aromatic rings. The van der Waals surface area contributed by atoms with Crippen LogP contribution in [0.2, 0.25) is 0 Å². The minimum atomic E-state index is -0.410. The zero-order valence-corrected chi connectivity index (χ0v) is 12.3. The molecule has 0 bridgehead atoms. The van der Waals surface area contributed by atoms with Gasteiger partial charge in [-0.05, 0) is 44.4 Å². The van der Waals surface area contributed by atoms with Crippen LogP contribution in [0.5, 0.6) is 0 Å². The summed E-state index contributed by atoms with van der Waals surface area (Å²) >= 11 is 0. The second-order valence-electron chi connectivity index (χ2n) is 6.38. The van der Waals surface area contributed by atoms with E-state index in [2.05, 4.69) is 17.1 Å². The Bertz CT molecular complexity index is 432. The van der Waals surface area contributed by atoms with E-state index in [4.69, 9.17) is 15.0 Å². The molecule has 0 radical (unpaired) electrons. The van der Waals surface area contributed by atoms with Gasteiger partial charge in [0.1, 0.15) is 0 Å². The first-order chi connectivity index (χ1) is 9.71. The average molecular weight is 279 g/mol. The molecule has 1 aromatic heterocycles. The van der Waals surface area contributed by atoms with E-state index in [-0.39, 0.29) is 5.92 Å². The highest BCUT2D eigenvalue weighted by atomic mass is 16.5. The van der Waals surface area contributed by atoms with E-state index >= 15 is 0 Å². The van der Waals surface area contributed by atoms with Gasteiger partial charge >= 0.3 is 0 Å². The maximum absolute atomic E-state index is 6.51. The summed E-state index contributed by atoms with van der Waals surface area (Å²) in [6.07, 6.45) is 7.62. The van der Waals surface area contributed by atoms with E-state index in [1.807, 2.05) is 0 Å². The summed E-state index contributed by atoms with van der Waals surface area (Å²) in [7, 11) is 0. The number of hydrogen-bond donors (Lipinski definition) is 1. The smallest absolute Gasteiger partial charge is 0.246 e. The van der Waals surface area contributed by atoms with Gasteiger partial charge in [-0.15, -0.1) is 0 Å². The number of nitrogens with zero attached hydrogens (tertiary/aromatic N) is 2. The molecule has 1 unspecified atom stereocenters. The highest BCUT2D eigenvalue weighted by Gasteiger charge is 2.38. The molecule has 0 aromatic carbocycles. The molecule has 2 N–H and O–H groups in total. The highest BCUT2D eigenvalue weighted by molar-refractivity contribution is 5.06. The molecule has 1 saturated heterocycles. The Balaban J connectivity index is 1.69. The number of ether oxygens (including phenoxy) is 1. The maximum Gasteiger partial charge on any atom is 0.246 e. The van der Waals surface area contributed by atoms with Crippen molar-refractivity contribution in [2.24, 2.45) is 11.7 Å². The van der Waals surface area contributed by atoms with E-state index in [9.17, 15) is 0 Å². The summed E-state index contributed by atoms with van der Waals surface area (Å²) in [5.41, 5.74) is 6.10. The van der Waals surface area contributed by atoms with Crippen LogP contribution in [0.3, 0.4) is 0 Å². The molecule has 0 amide bonds. The van der Waals surface area contributed by atoms with E-state index in [1.54, 1.807) is 0 Å². The third-order valence-corrected chi connectivity index (χ3v) is 4.97. The molecule has 3 rings (SSSR count). The summed E-state index contributed by atoms with van der Waals surface area (Å²) in [4.78, 5) is 4.60. The molecule has 5 heteroatoms. The lowest BCUT2D eigenvalue weighted by atomic mass is 9.76. The van der Waals surface area contributed by atoms with Gasteiger partial charge in [0, 0.05) is 12.5 Å². The van der Waals surface area contributed by atoms with E-state index in [1.165, 1.54) is 6.42 Å². The molecule has 5 nitrogen and oxygen atoms in total. The van der Waals surface area contributed by atoms with E-state index < -0.39 is 5.54 Å². The first-order valence-corrected chi connectivity index (χ1v) is 7.92. The molecule has 112 valence electrons. The highest BCUT2D eigenvalue weighted by Crippen LogP contribution is 2.38. The van der Waals surface area contributed by atoms with Crippen LogP contribution in [-0.4, -0.2) is 23.4 Å². The molecule has 1 aliphatic heterocycles. The van der Waals surface area contributed by atoms with Crippen molar-refractivity contribution >= 4 is 0 Å². The Morgan fingerprint density at radius 3 is 2.75 bits per heavy atom. The Hall–Kier alpha value is -0.940. The largest absolute Gasteiger partial charge is 0.381 e. The molecule has 1 atom stereocenters. The van der Waals surface area contributed by atoms with E-state index in [0.717, 1.165) is 56.9 Å². The molecule has 1 saturated carbocycles. The van der Waals surface area contributed by atoms with Gasteiger partial charge in [0.2, 0.25) is 5.89 Å². The SMILES string of the molecule is CCC1CCC(N)(c2nc(C3CCCOC3)no2)CC1. The van der Waals surface area contributed by atoms with Crippen molar-refractivity contribution in [3.05, 3.63) is 11.7 Å². The lowest BCUT2D eigenvalue weighted by Gasteiger charge is -2.33. The van der Waals surface area contributed by atoms with Crippen molar-refractivity contribution < 1.29 is 9.26 Å². The first-order valence-electron chi connectivity index (χ1n) is 7.92. The minimum Gasteiger partial charge on any atom is -0.381 e. The second-order valence-corrected chi connectivity index (χ2v) is 6.38. The van der Waals surface area contributed by atoms with Crippen molar-refractivity contribution in [3.63, 3.8) is 0 Å². The van der Waals surface area contributed by atoms with Gasteiger partial charge in [0.15, 0.2) is 5.82 Å². The van der Waals surface area contributed by atoms with Gasteiger partial charge in [0.25, 0.3) is 0 Å². The third kappa shape index (κ3) is 2.74. The van der Waals surface area contributed by atoms with Gasteiger partial charge < -0.3 is 15.0 Å². The van der Waals surface area contributed by atoms with Crippen molar-refractivity contribution in [2.75, 3.05) is 13.2 Å². The summed E-state index contributed by atoms with van der Waals surface area (Å²) in [5, 5.41) is 4.15. The molecule has 2 heterocycles. The van der Waals surface area contributed by atoms with Gasteiger partial charge in [-0.3, -0.25) is 0 Å². The van der Waals surface area contributed by atoms with Crippen molar-refractivity contribution in [2.45, 2.75) is 63.3 Å². The Kier molecular flexibility index (Phi) is 4.08. The Labute approximate surface area is 120 Å². The summed E-state index contributed by atoms with van der Waals surface area (Å²) < 4.78 is 11.0. The second kappa shape index (κ2) is 5.82. The van der Waals surface area contributed by atoms with Crippen molar-refractivity contribution in [1.82, 2.24) is 10.1 Å². The predicted molar refractivity (Wildman–Crippen MR) is 75.2 cm³/mol. The summed E-state index contributed by atoms with van der Waals surface area (Å²) in [5.74, 6) is 2.49. The average Bonchev–Trinajstić information content (AvgIpc) is 3.00. The quantitative estimate of drug-likeness (QED) is 0.920. The minimum absolute atomic E-state index is 0.275. The van der Waals surface area contributed by atoms with Gasteiger partial charge in [-0.2, -0.15) is 4.98 Å². The number of aromatic nitrogens is 2. The molecule has 1 aliphatic carbocycles. The van der Waals surface area contributed by atoms with Crippen LogP contribution in [0, 0.1) is 5.92 Å². The zero-order valence-electron chi connectivity index (χ0n) is 12.3. The van der Waals surface area contributed by atoms with Crippen molar-refractivity contribution in [3.8, 4) is 0 Å². The lowest BCUT2D eigenvalue weighted by molar-refractivity contribution is 0.0773. The van der Waals surface area contributed by atoms with E-state index in [0.29, 0.717) is 12.5 Å². The topological polar surface area (TPSA) is 74.2 Å². The fourth-order valence-corrected chi connectivity index (χ4v) is 3.36. The van der Waals surface area contributed by atoms with Gasteiger partial charge in [-0.1, -0.05) is 18.5 Å². The van der Waals surface area contributed by atoms with Crippen LogP contribution in [0.25, 0.3) is 0 Å². The normalized spacial score (nSPS) is 35.1. The van der Waals surface area contributed by atoms with Crippen LogP contribution in [-0.2, 0) is 10.3 Å². The number of rotatable bonds is 3. The zero-order chi connectivity index (χ0) is 14.0. The van der Waals surface area contributed by atoms with Crippen LogP contribution in [0.4, 0.5) is 0 Å². The molecule has 2 fully saturated rings. The van der Waals surface area contributed by atoms with Crippen molar-refractivity contribution in [1.29, 1.82) is 0 Å². The molecule has 20 heavy (non-hydrogen) atoms. The van der Waals surface area contributed by atoms with Crippen LogP contribution in [0.1, 0.15) is 69.5 Å².